The maximum Gasteiger partial charge on any atom is 0.305 e. The molecule has 1 unspecified atom stereocenters. The highest BCUT2D eigenvalue weighted by Crippen LogP contribution is 2.16. The average molecular weight is 337 g/mol. The Kier molecular flexibility index (Phi) is 8.57. The van der Waals surface area contributed by atoms with Crippen molar-refractivity contribution >= 4 is 17.8 Å². The maximum atomic E-state index is 11.9. The Morgan fingerprint density at radius 2 is 1.78 bits per heavy atom. The highest BCUT2D eigenvalue weighted by atomic mass is 16.5. The smallest absolute Gasteiger partial charge is 0.305 e. The lowest BCUT2D eigenvalue weighted by molar-refractivity contribution is -0.137. The normalized spacial score (nSPS) is 18.1. The molecule has 1 aliphatic rings. The van der Waals surface area contributed by atoms with Gasteiger partial charge in [0.1, 0.15) is 0 Å². The quantitative estimate of drug-likeness (QED) is 0.353. The van der Waals surface area contributed by atoms with E-state index in [-0.39, 0.29) is 37.7 Å². The van der Waals surface area contributed by atoms with Gasteiger partial charge in [0.25, 0.3) is 0 Å². The summed E-state index contributed by atoms with van der Waals surface area (Å²) in [6.07, 6.45) is 2.28. The van der Waals surface area contributed by atoms with Crippen LogP contribution in [0.3, 0.4) is 0 Å². The molecule has 0 aromatic heterocycles. The highest BCUT2D eigenvalue weighted by Gasteiger charge is 2.26. The first-order valence-corrected chi connectivity index (χ1v) is 8.02. The van der Waals surface area contributed by atoms with Crippen LogP contribution in [0, 0.1) is 0 Å². The van der Waals surface area contributed by atoms with E-state index in [0.29, 0.717) is 12.6 Å². The maximum absolute atomic E-state index is 11.9. The van der Waals surface area contributed by atoms with Crippen molar-refractivity contribution in [2.75, 3.05) is 46.8 Å². The molecule has 2 amide bonds. The van der Waals surface area contributed by atoms with Gasteiger partial charge in [-0.3, -0.25) is 19.3 Å². The van der Waals surface area contributed by atoms with Gasteiger partial charge in [-0.15, -0.1) is 0 Å². The van der Waals surface area contributed by atoms with Crippen molar-refractivity contribution in [3.63, 3.8) is 0 Å². The number of carboxylic acids is 1. The van der Waals surface area contributed by atoms with Crippen LogP contribution < -0.4 is 10.6 Å². The van der Waals surface area contributed by atoms with Crippen LogP contribution in [0.5, 0.6) is 0 Å². The number of carbonyl (C=O) groups is 3. The Hall–Kier alpha value is -1.67. The Morgan fingerprint density at radius 3 is 2.43 bits per heavy atom. The summed E-state index contributed by atoms with van der Waals surface area (Å²) in [4.78, 5) is 38.0. The second-order valence-corrected chi connectivity index (χ2v) is 6.12. The van der Waals surface area contributed by atoms with Crippen LogP contribution in [0.1, 0.15) is 25.7 Å². The summed E-state index contributed by atoms with van der Waals surface area (Å²) >= 11 is 0. The number of likely N-dealkylation sites (N-methyl/N-ethyl adjacent to an activating group) is 1. The zero-order valence-corrected chi connectivity index (χ0v) is 14.0. The Labute approximate surface area is 137 Å². The summed E-state index contributed by atoms with van der Waals surface area (Å²) in [5.74, 6) is -1.27. The number of hydrogen-bond donors (Lipinski definition) is 3. The van der Waals surface area contributed by atoms with Crippen LogP contribution in [0.4, 0.5) is 0 Å². The van der Waals surface area contributed by atoms with Crippen LogP contribution in [0.2, 0.25) is 0 Å². The molecule has 1 atom stereocenters. The van der Waals surface area contributed by atoms with Crippen molar-refractivity contribution < 1.29 is 19.5 Å². The molecule has 0 aliphatic carbocycles. The van der Waals surface area contributed by atoms with Gasteiger partial charge in [-0.25, -0.2) is 0 Å². The first kappa shape index (κ1) is 19.4. The molecular formula is C15H28N4O4. The molecular weight excluding hydrogens is 309 g/mol. The molecule has 0 spiro atoms. The third-order valence-corrected chi connectivity index (χ3v) is 3.76. The molecule has 1 aliphatic heterocycles. The Morgan fingerprint density at radius 1 is 1.13 bits per heavy atom. The second-order valence-electron chi connectivity index (χ2n) is 6.12. The van der Waals surface area contributed by atoms with Crippen LogP contribution >= 0.6 is 0 Å². The largest absolute Gasteiger partial charge is 0.481 e. The van der Waals surface area contributed by atoms with E-state index in [4.69, 9.17) is 5.11 Å². The molecule has 1 fully saturated rings. The summed E-state index contributed by atoms with van der Waals surface area (Å²) in [6, 6.07) is 0.412. The molecule has 8 nitrogen and oxygen atoms in total. The molecule has 1 rings (SSSR count). The number of nitrogens with one attached hydrogen (secondary N) is 2. The van der Waals surface area contributed by atoms with Gasteiger partial charge >= 0.3 is 5.97 Å². The average Bonchev–Trinajstić information content (AvgIpc) is 2.84. The fourth-order valence-electron chi connectivity index (χ4n) is 2.68. The van der Waals surface area contributed by atoms with Gasteiger partial charge in [-0.05, 0) is 33.5 Å². The molecule has 0 bridgehead atoms. The van der Waals surface area contributed by atoms with E-state index >= 15 is 0 Å². The number of carboxylic acid groups (broad SMARTS) is 1. The topological polar surface area (TPSA) is 102 Å². The van der Waals surface area contributed by atoms with E-state index in [1.807, 2.05) is 14.1 Å². The molecule has 8 heteroatoms. The van der Waals surface area contributed by atoms with Crippen molar-refractivity contribution in [3.05, 3.63) is 0 Å². The zero-order valence-electron chi connectivity index (χ0n) is 14.0. The number of carbonyl (C=O) groups excluding carboxylic acids is 2. The van der Waals surface area contributed by atoms with Gasteiger partial charge in [0, 0.05) is 32.1 Å². The van der Waals surface area contributed by atoms with E-state index in [0.717, 1.165) is 25.9 Å². The lowest BCUT2D eigenvalue weighted by Gasteiger charge is -2.26. The third-order valence-electron chi connectivity index (χ3n) is 3.76. The second kappa shape index (κ2) is 10.2. The summed E-state index contributed by atoms with van der Waals surface area (Å²) < 4.78 is 0. The van der Waals surface area contributed by atoms with Crippen molar-refractivity contribution in [2.24, 2.45) is 0 Å². The van der Waals surface area contributed by atoms with Crippen molar-refractivity contribution in [1.29, 1.82) is 0 Å². The molecule has 132 valence electrons. The number of hydrogen-bond acceptors (Lipinski definition) is 5. The lowest BCUT2D eigenvalue weighted by Crippen LogP contribution is -2.44. The molecule has 0 aromatic rings. The van der Waals surface area contributed by atoms with Gasteiger partial charge < -0.3 is 20.6 Å². The minimum absolute atomic E-state index is 0.0750. The van der Waals surface area contributed by atoms with Gasteiger partial charge in [0.2, 0.25) is 11.8 Å². The lowest BCUT2D eigenvalue weighted by atomic mass is 10.3. The minimum Gasteiger partial charge on any atom is -0.481 e. The molecule has 0 saturated carbocycles. The minimum atomic E-state index is -0.948. The van der Waals surface area contributed by atoms with E-state index < -0.39 is 5.97 Å². The van der Waals surface area contributed by atoms with E-state index in [9.17, 15) is 14.4 Å². The number of aliphatic carboxylic acids is 1. The number of rotatable bonds is 10. The first-order valence-electron chi connectivity index (χ1n) is 8.02. The summed E-state index contributed by atoms with van der Waals surface area (Å²) in [6.45, 7) is 2.62. The molecule has 0 radical (unpaired) electrons. The number of amides is 2. The zero-order chi connectivity index (χ0) is 17.2. The molecule has 0 aromatic carbocycles. The van der Waals surface area contributed by atoms with Crippen LogP contribution in [-0.4, -0.2) is 85.6 Å². The summed E-state index contributed by atoms with van der Waals surface area (Å²) in [5, 5.41) is 13.7. The molecule has 1 saturated heterocycles. The Balaban J connectivity index is 2.16. The highest BCUT2D eigenvalue weighted by molar-refractivity contribution is 5.80. The van der Waals surface area contributed by atoms with E-state index in [1.54, 1.807) is 0 Å². The van der Waals surface area contributed by atoms with Crippen LogP contribution in [-0.2, 0) is 14.4 Å². The molecule has 3 N–H and O–H groups in total. The summed E-state index contributed by atoms with van der Waals surface area (Å²) in [5.41, 5.74) is 0. The van der Waals surface area contributed by atoms with Gasteiger partial charge in [-0.2, -0.15) is 0 Å². The molecule has 23 heavy (non-hydrogen) atoms. The number of likely N-dealkylation sites (tertiary alicyclic amines) is 1. The van der Waals surface area contributed by atoms with Crippen molar-refractivity contribution in [3.8, 4) is 0 Å². The van der Waals surface area contributed by atoms with Crippen molar-refractivity contribution in [1.82, 2.24) is 20.4 Å². The predicted octanol–water partition coefficient (Wildman–Crippen LogP) is -0.890. The fraction of sp³-hybridized carbons (Fsp3) is 0.800. The van der Waals surface area contributed by atoms with E-state index in [1.165, 1.54) is 0 Å². The summed E-state index contributed by atoms with van der Waals surface area (Å²) in [7, 11) is 4.05. The SMILES string of the molecule is [13CH3][15N]([13CH3])[13CH2]C1CCC[15N]1[13CH2]C(=O)NCCC(=O)N[13CH2][13CH2][13C](=O)O. The van der Waals surface area contributed by atoms with E-state index in [2.05, 4.69) is 20.4 Å². The monoisotopic (exact) mass is 337 g/mol. The van der Waals surface area contributed by atoms with Crippen LogP contribution in [0.25, 0.3) is 0 Å². The van der Waals surface area contributed by atoms with Crippen molar-refractivity contribution in [2.45, 2.75) is 31.7 Å². The third kappa shape index (κ3) is 8.51. The predicted molar refractivity (Wildman–Crippen MR) is 86.0 cm³/mol. The fourth-order valence-corrected chi connectivity index (χ4v) is 2.68. The standard InChI is InChI=1S/C15H28N4O4/c1-18(2)10-12-4-3-9-19(12)11-14(21)17-7-5-13(20)16-8-6-15(22)23/h12H,3-11H2,1-2H3,(H,16,20)(H,17,21)(H,22,23)/i1+1,2+1,6+1,8+1,10+1,11+1,15+1,18+1,19+1. The van der Waals surface area contributed by atoms with Gasteiger partial charge in [-0.1, -0.05) is 0 Å². The number of nitrogens with zero attached hydrogens (tertiary/aromatic N) is 2. The first-order chi connectivity index (χ1) is 10.9. The van der Waals surface area contributed by atoms with Gasteiger partial charge in [0.05, 0.1) is 13.0 Å². The van der Waals surface area contributed by atoms with Crippen LogP contribution in [0.15, 0.2) is 0 Å². The van der Waals surface area contributed by atoms with Gasteiger partial charge in [0.15, 0.2) is 0 Å². The Bertz CT molecular complexity index is 414. The molecule has 1 heterocycles.